The first-order valence-electron chi connectivity index (χ1n) is 10.6. The normalized spacial score (nSPS) is 16.0. The molecule has 1 aliphatic heterocycles. The van der Waals surface area contributed by atoms with Crippen LogP contribution in [0.5, 0.6) is 17.2 Å². The lowest BCUT2D eigenvalue weighted by Gasteiger charge is -2.26. The SMILES string of the molecule is CCCCN1C(=O)C(O)=C(C(=O)c2cc3cccc(OC)c3o2)C1c1ccc(OC)c(O)c1. The molecule has 1 amide bonds. The maximum absolute atomic E-state index is 13.6. The van der Waals surface area contributed by atoms with Crippen LogP contribution in [0.25, 0.3) is 11.0 Å². The highest BCUT2D eigenvalue weighted by molar-refractivity contribution is 6.16. The first-order chi connectivity index (χ1) is 15.9. The number of amides is 1. The Balaban J connectivity index is 1.82. The van der Waals surface area contributed by atoms with Gasteiger partial charge in [-0.2, -0.15) is 0 Å². The van der Waals surface area contributed by atoms with Gasteiger partial charge in [-0.05, 0) is 36.2 Å². The predicted octanol–water partition coefficient (Wildman–Crippen LogP) is 4.53. The van der Waals surface area contributed by atoms with Crippen molar-refractivity contribution < 1.29 is 33.7 Å². The molecule has 0 radical (unpaired) electrons. The van der Waals surface area contributed by atoms with Crippen LogP contribution in [0, 0.1) is 0 Å². The lowest BCUT2D eigenvalue weighted by molar-refractivity contribution is -0.129. The molecule has 2 heterocycles. The molecule has 0 aliphatic carbocycles. The fraction of sp³-hybridized carbons (Fsp3) is 0.280. The molecule has 1 aliphatic rings. The van der Waals surface area contributed by atoms with Gasteiger partial charge in [-0.1, -0.05) is 31.5 Å². The second-order valence-corrected chi connectivity index (χ2v) is 7.77. The fourth-order valence-electron chi connectivity index (χ4n) is 4.11. The minimum Gasteiger partial charge on any atom is -0.504 e. The Labute approximate surface area is 190 Å². The number of rotatable bonds is 8. The number of furan rings is 1. The summed E-state index contributed by atoms with van der Waals surface area (Å²) in [6.07, 6.45) is 1.50. The van der Waals surface area contributed by atoms with Crippen LogP contribution < -0.4 is 9.47 Å². The number of aliphatic hydroxyl groups is 1. The molecule has 0 fully saturated rings. The van der Waals surface area contributed by atoms with Crippen LogP contribution in [0.1, 0.15) is 41.9 Å². The minimum atomic E-state index is -0.886. The van der Waals surface area contributed by atoms with E-state index in [1.165, 1.54) is 25.2 Å². The molecule has 33 heavy (non-hydrogen) atoms. The van der Waals surface area contributed by atoms with Gasteiger partial charge in [-0.3, -0.25) is 9.59 Å². The number of methoxy groups -OCH3 is 2. The van der Waals surface area contributed by atoms with E-state index in [2.05, 4.69) is 0 Å². The summed E-state index contributed by atoms with van der Waals surface area (Å²) in [6.45, 7) is 2.32. The van der Waals surface area contributed by atoms with Crippen molar-refractivity contribution in [2.75, 3.05) is 20.8 Å². The van der Waals surface area contributed by atoms with Crippen molar-refractivity contribution in [1.82, 2.24) is 4.90 Å². The van der Waals surface area contributed by atoms with Crippen molar-refractivity contribution >= 4 is 22.7 Å². The number of unbranched alkanes of at least 4 members (excludes halogenated alkanes) is 1. The molecular weight excluding hydrogens is 426 g/mol. The fourth-order valence-corrected chi connectivity index (χ4v) is 4.11. The van der Waals surface area contributed by atoms with Crippen molar-refractivity contribution in [2.45, 2.75) is 25.8 Å². The van der Waals surface area contributed by atoms with Crippen LogP contribution in [0.15, 0.2) is 58.2 Å². The summed E-state index contributed by atoms with van der Waals surface area (Å²) in [5, 5.41) is 21.7. The number of aromatic hydroxyl groups is 1. The van der Waals surface area contributed by atoms with E-state index in [0.717, 1.165) is 6.42 Å². The van der Waals surface area contributed by atoms with E-state index >= 15 is 0 Å². The lowest BCUT2D eigenvalue weighted by Crippen LogP contribution is -2.32. The Bertz CT molecular complexity index is 1260. The van der Waals surface area contributed by atoms with Gasteiger partial charge in [-0.15, -0.1) is 0 Å². The van der Waals surface area contributed by atoms with Gasteiger partial charge in [0.15, 0.2) is 34.4 Å². The van der Waals surface area contributed by atoms with Crippen molar-refractivity contribution in [3.63, 3.8) is 0 Å². The van der Waals surface area contributed by atoms with Crippen LogP contribution >= 0.6 is 0 Å². The Morgan fingerprint density at radius 3 is 2.52 bits per heavy atom. The third kappa shape index (κ3) is 3.77. The Hall–Kier alpha value is -3.94. The van der Waals surface area contributed by atoms with Crippen molar-refractivity contribution in [3.05, 3.63) is 65.1 Å². The molecular formula is C25H25NO7. The van der Waals surface area contributed by atoms with E-state index in [1.54, 1.807) is 36.4 Å². The van der Waals surface area contributed by atoms with Crippen molar-refractivity contribution in [1.29, 1.82) is 0 Å². The molecule has 8 heteroatoms. The van der Waals surface area contributed by atoms with E-state index in [0.29, 0.717) is 35.2 Å². The number of carbonyl (C=O) groups is 2. The predicted molar refractivity (Wildman–Crippen MR) is 121 cm³/mol. The average molecular weight is 451 g/mol. The third-order valence-electron chi connectivity index (χ3n) is 5.77. The summed E-state index contributed by atoms with van der Waals surface area (Å²) in [5.41, 5.74) is 0.770. The summed E-state index contributed by atoms with van der Waals surface area (Å²) in [7, 11) is 2.93. The first kappa shape index (κ1) is 22.3. The summed E-state index contributed by atoms with van der Waals surface area (Å²) in [5.74, 6) is -1.31. The standard InChI is InChI=1S/C25H25NO7/c1-4-5-11-26-21(14-9-10-17(31-2)16(27)12-14)20(23(29)25(26)30)22(28)19-13-15-7-6-8-18(32-3)24(15)33-19/h6-10,12-13,21,27,29H,4-5,11H2,1-3H3. The van der Waals surface area contributed by atoms with Crippen LogP contribution in [0.3, 0.4) is 0 Å². The number of phenolic OH excluding ortho intramolecular Hbond substituents is 1. The van der Waals surface area contributed by atoms with E-state index in [4.69, 9.17) is 13.9 Å². The topological polar surface area (TPSA) is 109 Å². The highest BCUT2D eigenvalue weighted by Gasteiger charge is 2.44. The second kappa shape index (κ2) is 8.90. The quantitative estimate of drug-likeness (QED) is 0.484. The van der Waals surface area contributed by atoms with Crippen LogP contribution in [-0.4, -0.2) is 47.6 Å². The number of aliphatic hydroxyl groups excluding tert-OH is 1. The molecule has 4 rings (SSSR count). The molecule has 0 spiro atoms. The first-order valence-corrected chi connectivity index (χ1v) is 10.6. The van der Waals surface area contributed by atoms with Crippen LogP contribution in [0.4, 0.5) is 0 Å². The molecule has 172 valence electrons. The molecule has 8 nitrogen and oxygen atoms in total. The maximum Gasteiger partial charge on any atom is 0.290 e. The number of ether oxygens (including phenoxy) is 2. The van der Waals surface area contributed by atoms with Gasteiger partial charge in [0.1, 0.15) is 0 Å². The molecule has 1 unspecified atom stereocenters. The van der Waals surface area contributed by atoms with Gasteiger partial charge in [0.25, 0.3) is 5.91 Å². The largest absolute Gasteiger partial charge is 0.504 e. The van der Waals surface area contributed by atoms with Gasteiger partial charge < -0.3 is 29.0 Å². The molecule has 1 atom stereocenters. The summed E-state index contributed by atoms with van der Waals surface area (Å²) >= 11 is 0. The highest BCUT2D eigenvalue weighted by atomic mass is 16.5. The van der Waals surface area contributed by atoms with Gasteiger partial charge in [0, 0.05) is 11.9 Å². The van der Waals surface area contributed by atoms with Crippen LogP contribution in [0.2, 0.25) is 0 Å². The molecule has 0 bridgehead atoms. The molecule has 0 saturated heterocycles. The maximum atomic E-state index is 13.6. The van der Waals surface area contributed by atoms with E-state index < -0.39 is 23.5 Å². The number of Topliss-reactive ketones (excluding diaryl/α,β-unsaturated/α-hetero) is 1. The van der Waals surface area contributed by atoms with E-state index in [9.17, 15) is 19.8 Å². The zero-order chi connectivity index (χ0) is 23.7. The van der Waals surface area contributed by atoms with Gasteiger partial charge in [0.2, 0.25) is 5.78 Å². The number of ketones is 1. The van der Waals surface area contributed by atoms with Gasteiger partial charge in [0.05, 0.1) is 25.8 Å². The van der Waals surface area contributed by atoms with Gasteiger partial charge >= 0.3 is 0 Å². The number of fused-ring (bicyclic) bond motifs is 1. The lowest BCUT2D eigenvalue weighted by atomic mass is 9.94. The van der Waals surface area contributed by atoms with Crippen LogP contribution in [-0.2, 0) is 4.79 Å². The van der Waals surface area contributed by atoms with E-state index in [1.807, 2.05) is 6.92 Å². The van der Waals surface area contributed by atoms with Crippen molar-refractivity contribution in [3.8, 4) is 17.2 Å². The third-order valence-corrected chi connectivity index (χ3v) is 5.77. The summed E-state index contributed by atoms with van der Waals surface area (Å²) < 4.78 is 16.2. The number of phenols is 1. The Morgan fingerprint density at radius 1 is 1.09 bits per heavy atom. The number of para-hydroxylation sites is 1. The molecule has 1 aromatic heterocycles. The Morgan fingerprint density at radius 2 is 1.85 bits per heavy atom. The number of nitrogens with zero attached hydrogens (tertiary/aromatic N) is 1. The zero-order valence-electron chi connectivity index (χ0n) is 18.6. The second-order valence-electron chi connectivity index (χ2n) is 7.77. The zero-order valence-corrected chi connectivity index (χ0v) is 18.6. The van der Waals surface area contributed by atoms with Gasteiger partial charge in [-0.25, -0.2) is 0 Å². The molecule has 0 saturated carbocycles. The number of hydrogen-bond acceptors (Lipinski definition) is 7. The van der Waals surface area contributed by atoms with E-state index in [-0.39, 0.29) is 22.8 Å². The highest BCUT2D eigenvalue weighted by Crippen LogP contribution is 2.42. The Kier molecular flexibility index (Phi) is 6.00. The number of hydrogen-bond donors (Lipinski definition) is 2. The molecule has 2 aromatic carbocycles. The average Bonchev–Trinajstić information content (AvgIpc) is 3.36. The number of carbonyl (C=O) groups excluding carboxylic acids is 2. The number of benzene rings is 2. The molecule has 3 aromatic rings. The summed E-state index contributed by atoms with van der Waals surface area (Å²) in [4.78, 5) is 28.0. The minimum absolute atomic E-state index is 0.0241. The monoisotopic (exact) mass is 451 g/mol. The smallest absolute Gasteiger partial charge is 0.290 e. The van der Waals surface area contributed by atoms with Crippen molar-refractivity contribution in [2.24, 2.45) is 0 Å². The summed E-state index contributed by atoms with van der Waals surface area (Å²) in [6, 6.07) is 10.6. The molecule has 2 N–H and O–H groups in total.